The lowest BCUT2D eigenvalue weighted by molar-refractivity contribution is -0.118. The lowest BCUT2D eigenvalue weighted by atomic mass is 10.3. The standard InChI is InChI=1S/C10H8ClN3O2/c11-7-1-3-8(4-2-7)13-10(16)14-9(15)5-6-12/h1-4H,5H2,(H2,13,14,15,16). The monoisotopic (exact) mass is 237 g/mol. The molecule has 0 saturated heterocycles. The van der Waals surface area contributed by atoms with Crippen molar-refractivity contribution >= 4 is 29.2 Å². The summed E-state index contributed by atoms with van der Waals surface area (Å²) in [6, 6.07) is 7.36. The number of nitrogens with one attached hydrogen (secondary N) is 2. The number of amides is 3. The third-order valence-electron chi connectivity index (χ3n) is 1.59. The van der Waals surface area contributed by atoms with Gasteiger partial charge in [-0.3, -0.25) is 10.1 Å². The van der Waals surface area contributed by atoms with Crippen LogP contribution in [0.4, 0.5) is 10.5 Å². The molecule has 2 N–H and O–H groups in total. The van der Waals surface area contributed by atoms with Gasteiger partial charge in [0.1, 0.15) is 6.42 Å². The molecule has 0 radical (unpaired) electrons. The van der Waals surface area contributed by atoms with Gasteiger partial charge in [0, 0.05) is 10.7 Å². The Morgan fingerprint density at radius 3 is 2.50 bits per heavy atom. The molecule has 0 aliphatic carbocycles. The molecule has 0 bridgehead atoms. The van der Waals surface area contributed by atoms with Crippen molar-refractivity contribution < 1.29 is 9.59 Å². The number of urea groups is 1. The second-order valence-corrected chi connectivity index (χ2v) is 3.28. The van der Waals surface area contributed by atoms with E-state index >= 15 is 0 Å². The minimum absolute atomic E-state index is 0.353. The van der Waals surface area contributed by atoms with Crippen LogP contribution in [0, 0.1) is 11.3 Å². The van der Waals surface area contributed by atoms with Crippen molar-refractivity contribution in [3.63, 3.8) is 0 Å². The van der Waals surface area contributed by atoms with E-state index in [0.717, 1.165) is 0 Å². The SMILES string of the molecule is N#CCC(=O)NC(=O)Nc1ccc(Cl)cc1. The van der Waals surface area contributed by atoms with Crippen molar-refractivity contribution in [3.05, 3.63) is 29.3 Å². The largest absolute Gasteiger partial charge is 0.325 e. The number of nitriles is 1. The summed E-state index contributed by atoms with van der Waals surface area (Å²) >= 11 is 5.66. The van der Waals surface area contributed by atoms with Gasteiger partial charge in [0.15, 0.2) is 0 Å². The summed E-state index contributed by atoms with van der Waals surface area (Å²) in [6.45, 7) is 0. The van der Waals surface area contributed by atoms with Crippen LogP contribution in [0.5, 0.6) is 0 Å². The zero-order chi connectivity index (χ0) is 12.0. The van der Waals surface area contributed by atoms with Gasteiger partial charge in [-0.2, -0.15) is 5.26 Å². The van der Waals surface area contributed by atoms with Crippen LogP contribution in [0.25, 0.3) is 0 Å². The minimum Gasteiger partial charge on any atom is -0.308 e. The quantitative estimate of drug-likeness (QED) is 0.824. The highest BCUT2D eigenvalue weighted by molar-refractivity contribution is 6.30. The van der Waals surface area contributed by atoms with Gasteiger partial charge < -0.3 is 5.32 Å². The van der Waals surface area contributed by atoms with Gasteiger partial charge in [0.05, 0.1) is 6.07 Å². The van der Waals surface area contributed by atoms with E-state index in [2.05, 4.69) is 5.32 Å². The Labute approximate surface area is 97.0 Å². The molecule has 0 saturated carbocycles. The number of imide groups is 1. The average molecular weight is 238 g/mol. The summed E-state index contributed by atoms with van der Waals surface area (Å²) < 4.78 is 0. The highest BCUT2D eigenvalue weighted by atomic mass is 35.5. The maximum Gasteiger partial charge on any atom is 0.325 e. The third kappa shape index (κ3) is 3.98. The van der Waals surface area contributed by atoms with Crippen molar-refractivity contribution in [2.75, 3.05) is 5.32 Å². The van der Waals surface area contributed by atoms with E-state index in [1.807, 2.05) is 5.32 Å². The molecule has 5 nitrogen and oxygen atoms in total. The molecule has 6 heteroatoms. The molecule has 1 aromatic carbocycles. The van der Waals surface area contributed by atoms with Crippen LogP contribution < -0.4 is 10.6 Å². The molecular weight excluding hydrogens is 230 g/mol. The van der Waals surface area contributed by atoms with Crippen LogP contribution in [-0.2, 0) is 4.79 Å². The van der Waals surface area contributed by atoms with E-state index in [0.29, 0.717) is 10.7 Å². The maximum atomic E-state index is 11.2. The summed E-state index contributed by atoms with van der Waals surface area (Å²) in [5.41, 5.74) is 0.506. The van der Waals surface area contributed by atoms with Crippen molar-refractivity contribution in [2.24, 2.45) is 0 Å². The molecule has 1 aromatic rings. The molecule has 3 amide bonds. The minimum atomic E-state index is -0.678. The van der Waals surface area contributed by atoms with E-state index in [1.165, 1.54) is 0 Å². The Morgan fingerprint density at radius 1 is 1.31 bits per heavy atom. The van der Waals surface area contributed by atoms with Crippen LogP contribution in [0.15, 0.2) is 24.3 Å². The molecule has 0 spiro atoms. The van der Waals surface area contributed by atoms with Crippen LogP contribution in [0.3, 0.4) is 0 Å². The van der Waals surface area contributed by atoms with Crippen LogP contribution in [0.1, 0.15) is 6.42 Å². The molecule has 0 heterocycles. The maximum absolute atomic E-state index is 11.2. The third-order valence-corrected chi connectivity index (χ3v) is 1.85. The number of benzene rings is 1. The number of nitrogens with zero attached hydrogens (tertiary/aromatic N) is 1. The first kappa shape index (κ1) is 12.0. The number of hydrogen-bond acceptors (Lipinski definition) is 3. The van der Waals surface area contributed by atoms with Gasteiger partial charge in [-0.25, -0.2) is 4.79 Å². The molecule has 0 aromatic heterocycles. The van der Waals surface area contributed by atoms with Gasteiger partial charge in [-0.1, -0.05) is 11.6 Å². The van der Waals surface area contributed by atoms with Crippen LogP contribution in [0.2, 0.25) is 5.02 Å². The highest BCUT2D eigenvalue weighted by Crippen LogP contribution is 2.12. The zero-order valence-electron chi connectivity index (χ0n) is 8.16. The fourth-order valence-electron chi connectivity index (χ4n) is 0.938. The molecule has 0 fully saturated rings. The van der Waals surface area contributed by atoms with Crippen LogP contribution >= 0.6 is 11.6 Å². The molecule has 82 valence electrons. The zero-order valence-corrected chi connectivity index (χ0v) is 8.91. The number of halogens is 1. The van der Waals surface area contributed by atoms with Crippen molar-refractivity contribution in [2.45, 2.75) is 6.42 Å². The van der Waals surface area contributed by atoms with Gasteiger partial charge >= 0.3 is 6.03 Å². The van der Waals surface area contributed by atoms with E-state index in [4.69, 9.17) is 16.9 Å². The fraction of sp³-hybridized carbons (Fsp3) is 0.100. The number of anilines is 1. The van der Waals surface area contributed by atoms with E-state index in [9.17, 15) is 9.59 Å². The predicted molar refractivity (Wildman–Crippen MR) is 58.8 cm³/mol. The fourth-order valence-corrected chi connectivity index (χ4v) is 1.06. The first-order valence-corrected chi connectivity index (χ1v) is 4.73. The van der Waals surface area contributed by atoms with Gasteiger partial charge in [-0.05, 0) is 24.3 Å². The van der Waals surface area contributed by atoms with Crippen LogP contribution in [-0.4, -0.2) is 11.9 Å². The highest BCUT2D eigenvalue weighted by Gasteiger charge is 2.06. The number of carbonyl (C=O) groups excluding carboxylic acids is 2. The molecule has 0 aliphatic rings. The molecule has 16 heavy (non-hydrogen) atoms. The van der Waals surface area contributed by atoms with E-state index in [1.54, 1.807) is 30.3 Å². The second kappa shape index (κ2) is 5.73. The van der Waals surface area contributed by atoms with E-state index < -0.39 is 11.9 Å². The van der Waals surface area contributed by atoms with Gasteiger partial charge in [-0.15, -0.1) is 0 Å². The first-order chi connectivity index (χ1) is 7.61. The Balaban J connectivity index is 2.49. The topological polar surface area (TPSA) is 82.0 Å². The Hall–Kier alpha value is -2.06. The summed E-state index contributed by atoms with van der Waals surface area (Å²) in [7, 11) is 0. The number of carbonyl (C=O) groups is 2. The molecule has 1 rings (SSSR count). The number of hydrogen-bond donors (Lipinski definition) is 2. The number of rotatable bonds is 2. The smallest absolute Gasteiger partial charge is 0.308 e. The Bertz CT molecular complexity index is 436. The van der Waals surface area contributed by atoms with Crippen molar-refractivity contribution in [3.8, 4) is 6.07 Å². The molecule has 0 atom stereocenters. The van der Waals surface area contributed by atoms with Gasteiger partial charge in [0.25, 0.3) is 0 Å². The van der Waals surface area contributed by atoms with Crippen molar-refractivity contribution in [1.29, 1.82) is 5.26 Å². The average Bonchev–Trinajstić information content (AvgIpc) is 2.21. The Kier molecular flexibility index (Phi) is 4.30. The second-order valence-electron chi connectivity index (χ2n) is 2.84. The predicted octanol–water partition coefficient (Wildman–Crippen LogP) is 1.90. The van der Waals surface area contributed by atoms with E-state index in [-0.39, 0.29) is 6.42 Å². The summed E-state index contributed by atoms with van der Waals surface area (Å²) in [5, 5.41) is 13.2. The normalized spacial score (nSPS) is 9.00. The molecular formula is C10H8ClN3O2. The first-order valence-electron chi connectivity index (χ1n) is 4.35. The summed E-state index contributed by atoms with van der Waals surface area (Å²) in [5.74, 6) is -0.644. The van der Waals surface area contributed by atoms with Gasteiger partial charge in [0.2, 0.25) is 5.91 Å². The summed E-state index contributed by atoms with van der Waals surface area (Å²) in [4.78, 5) is 22.1. The lowest BCUT2D eigenvalue weighted by Crippen LogP contribution is -2.33. The molecule has 0 unspecified atom stereocenters. The molecule has 0 aliphatic heterocycles. The Morgan fingerprint density at radius 2 is 1.94 bits per heavy atom. The lowest BCUT2D eigenvalue weighted by Gasteiger charge is -2.04. The van der Waals surface area contributed by atoms with Crippen molar-refractivity contribution in [1.82, 2.24) is 5.32 Å². The summed E-state index contributed by atoms with van der Waals surface area (Å²) in [6.07, 6.45) is -0.353.